The van der Waals surface area contributed by atoms with Gasteiger partial charge in [-0.15, -0.1) is 0 Å². The summed E-state index contributed by atoms with van der Waals surface area (Å²) in [6.07, 6.45) is 2.83. The molecule has 0 heterocycles. The first-order chi connectivity index (χ1) is 8.88. The second kappa shape index (κ2) is 4.94. The third kappa shape index (κ3) is 2.64. The molecule has 2 nitrogen and oxygen atoms in total. The Labute approximate surface area is 113 Å². The molecule has 1 aromatic carbocycles. The van der Waals surface area contributed by atoms with Crippen molar-refractivity contribution < 1.29 is 9.50 Å². The van der Waals surface area contributed by atoms with E-state index in [0.29, 0.717) is 12.3 Å². The van der Waals surface area contributed by atoms with Crippen LogP contribution in [0.5, 0.6) is 0 Å². The van der Waals surface area contributed by atoms with E-state index in [1.807, 2.05) is 0 Å². The number of rotatable bonds is 3. The van der Waals surface area contributed by atoms with Crippen LogP contribution in [0.15, 0.2) is 24.3 Å². The Morgan fingerprint density at radius 3 is 2.58 bits per heavy atom. The van der Waals surface area contributed by atoms with Gasteiger partial charge in [-0.1, -0.05) is 19.1 Å². The van der Waals surface area contributed by atoms with Crippen molar-refractivity contribution in [1.29, 1.82) is 5.26 Å². The van der Waals surface area contributed by atoms with Crippen LogP contribution in [0.25, 0.3) is 0 Å². The van der Waals surface area contributed by atoms with Crippen molar-refractivity contribution in [2.75, 3.05) is 0 Å². The maximum atomic E-state index is 12.9. The van der Waals surface area contributed by atoms with Gasteiger partial charge in [0.05, 0.1) is 17.1 Å². The fraction of sp³-hybridized carbons (Fsp3) is 0.562. The third-order valence-electron chi connectivity index (χ3n) is 4.47. The Balaban J connectivity index is 2.22. The molecule has 1 saturated carbocycles. The highest BCUT2D eigenvalue weighted by molar-refractivity contribution is 5.22. The van der Waals surface area contributed by atoms with Crippen LogP contribution in [0.4, 0.5) is 4.39 Å². The topological polar surface area (TPSA) is 44.0 Å². The Morgan fingerprint density at radius 1 is 1.47 bits per heavy atom. The molecule has 0 aliphatic heterocycles. The molecule has 102 valence electrons. The van der Waals surface area contributed by atoms with Crippen LogP contribution in [0, 0.1) is 28.5 Å². The van der Waals surface area contributed by atoms with Crippen LogP contribution in [-0.4, -0.2) is 10.7 Å². The first-order valence-electron chi connectivity index (χ1n) is 6.77. The van der Waals surface area contributed by atoms with Crippen LogP contribution in [0.1, 0.15) is 38.7 Å². The van der Waals surface area contributed by atoms with E-state index in [1.54, 1.807) is 19.1 Å². The molecule has 0 aromatic heterocycles. The summed E-state index contributed by atoms with van der Waals surface area (Å²) < 4.78 is 12.9. The van der Waals surface area contributed by atoms with Gasteiger partial charge in [-0.25, -0.2) is 4.39 Å². The minimum absolute atomic E-state index is 0.284. The molecular formula is C16H20FNO. The van der Waals surface area contributed by atoms with Gasteiger partial charge in [-0.2, -0.15) is 5.26 Å². The van der Waals surface area contributed by atoms with E-state index in [-0.39, 0.29) is 5.82 Å². The highest BCUT2D eigenvalue weighted by atomic mass is 19.1. The van der Waals surface area contributed by atoms with E-state index < -0.39 is 11.0 Å². The molecule has 19 heavy (non-hydrogen) atoms. The minimum Gasteiger partial charge on any atom is -0.388 e. The van der Waals surface area contributed by atoms with E-state index in [9.17, 15) is 14.8 Å². The quantitative estimate of drug-likeness (QED) is 0.905. The number of hydrogen-bond acceptors (Lipinski definition) is 2. The molecule has 0 spiro atoms. The van der Waals surface area contributed by atoms with Crippen molar-refractivity contribution >= 4 is 0 Å². The van der Waals surface area contributed by atoms with Crippen LogP contribution >= 0.6 is 0 Å². The zero-order valence-corrected chi connectivity index (χ0v) is 11.5. The van der Waals surface area contributed by atoms with Gasteiger partial charge in [0.1, 0.15) is 5.82 Å². The third-order valence-corrected chi connectivity index (χ3v) is 4.47. The molecule has 3 atom stereocenters. The summed E-state index contributed by atoms with van der Waals surface area (Å²) >= 11 is 0. The molecule has 0 amide bonds. The molecule has 3 heteroatoms. The zero-order chi connectivity index (χ0) is 14.1. The summed E-state index contributed by atoms with van der Waals surface area (Å²) in [6.45, 7) is 3.85. The normalized spacial score (nSPS) is 29.7. The summed E-state index contributed by atoms with van der Waals surface area (Å²) in [6, 6.07) is 8.48. The fourth-order valence-corrected chi connectivity index (χ4v) is 3.17. The summed E-state index contributed by atoms with van der Waals surface area (Å²) in [5.74, 6) is 0.187. The minimum atomic E-state index is -1.08. The number of nitrogens with zero attached hydrogens (tertiary/aromatic N) is 1. The SMILES string of the molecule is CC1CCC(C#N)(C(C)(O)Cc2ccc(F)cc2)C1. The molecule has 2 rings (SSSR count). The lowest BCUT2D eigenvalue weighted by Gasteiger charge is -2.37. The van der Waals surface area contributed by atoms with Crippen molar-refractivity contribution in [2.24, 2.45) is 11.3 Å². The van der Waals surface area contributed by atoms with Crippen LogP contribution in [-0.2, 0) is 6.42 Å². The number of halogens is 1. The Morgan fingerprint density at radius 2 is 2.11 bits per heavy atom. The summed E-state index contributed by atoms with van der Waals surface area (Å²) in [5.41, 5.74) is -0.897. The lowest BCUT2D eigenvalue weighted by Crippen LogP contribution is -2.45. The lowest BCUT2D eigenvalue weighted by molar-refractivity contribution is -0.0375. The van der Waals surface area contributed by atoms with Crippen molar-refractivity contribution in [3.63, 3.8) is 0 Å². The van der Waals surface area contributed by atoms with E-state index in [0.717, 1.165) is 24.8 Å². The van der Waals surface area contributed by atoms with Gasteiger partial charge in [-0.05, 0) is 49.8 Å². The van der Waals surface area contributed by atoms with Crippen LogP contribution in [0.2, 0.25) is 0 Å². The fourth-order valence-electron chi connectivity index (χ4n) is 3.17. The van der Waals surface area contributed by atoms with Crippen molar-refractivity contribution in [3.8, 4) is 6.07 Å². The molecule has 1 N–H and O–H groups in total. The molecule has 1 fully saturated rings. The van der Waals surface area contributed by atoms with E-state index in [1.165, 1.54) is 12.1 Å². The van der Waals surface area contributed by atoms with Crippen molar-refractivity contribution in [1.82, 2.24) is 0 Å². The lowest BCUT2D eigenvalue weighted by atomic mass is 9.69. The van der Waals surface area contributed by atoms with E-state index >= 15 is 0 Å². The Kier molecular flexibility index (Phi) is 3.64. The monoisotopic (exact) mass is 261 g/mol. The molecule has 0 bridgehead atoms. The van der Waals surface area contributed by atoms with Crippen molar-refractivity contribution in [3.05, 3.63) is 35.6 Å². The Hall–Kier alpha value is -1.40. The van der Waals surface area contributed by atoms with Crippen molar-refractivity contribution in [2.45, 2.75) is 45.1 Å². The van der Waals surface area contributed by atoms with Crippen LogP contribution in [0.3, 0.4) is 0 Å². The average molecular weight is 261 g/mol. The van der Waals surface area contributed by atoms with E-state index in [2.05, 4.69) is 13.0 Å². The van der Waals surface area contributed by atoms with Gasteiger partial charge >= 0.3 is 0 Å². The predicted octanol–water partition coefficient (Wildman–Crippen LogP) is 3.45. The average Bonchev–Trinajstić information content (AvgIpc) is 2.75. The zero-order valence-electron chi connectivity index (χ0n) is 11.5. The first kappa shape index (κ1) is 14.0. The van der Waals surface area contributed by atoms with Gasteiger partial charge in [0.15, 0.2) is 0 Å². The highest BCUT2D eigenvalue weighted by Crippen LogP contribution is 2.49. The predicted molar refractivity (Wildman–Crippen MR) is 71.8 cm³/mol. The molecule has 1 aliphatic carbocycles. The second-order valence-corrected chi connectivity index (χ2v) is 6.12. The molecule has 3 unspecified atom stereocenters. The number of aliphatic hydroxyl groups is 1. The molecule has 1 aromatic rings. The Bertz CT molecular complexity index is 488. The standard InChI is InChI=1S/C16H20FNO/c1-12-7-8-16(9-12,11-18)15(2,19)10-13-3-5-14(17)6-4-13/h3-6,12,19H,7-10H2,1-2H3. The van der Waals surface area contributed by atoms with Crippen LogP contribution < -0.4 is 0 Å². The van der Waals surface area contributed by atoms with Gasteiger partial charge in [0.25, 0.3) is 0 Å². The second-order valence-electron chi connectivity index (χ2n) is 6.12. The largest absolute Gasteiger partial charge is 0.388 e. The van der Waals surface area contributed by atoms with Gasteiger partial charge in [0.2, 0.25) is 0 Å². The summed E-state index contributed by atoms with van der Waals surface area (Å²) in [7, 11) is 0. The smallest absolute Gasteiger partial charge is 0.123 e. The van der Waals surface area contributed by atoms with Gasteiger partial charge < -0.3 is 5.11 Å². The maximum absolute atomic E-state index is 12.9. The van der Waals surface area contributed by atoms with Gasteiger partial charge in [-0.3, -0.25) is 0 Å². The molecular weight excluding hydrogens is 241 g/mol. The number of benzene rings is 1. The molecule has 0 saturated heterocycles. The number of hydrogen-bond donors (Lipinski definition) is 1. The molecule has 0 radical (unpaired) electrons. The first-order valence-corrected chi connectivity index (χ1v) is 6.77. The number of nitriles is 1. The summed E-state index contributed by atoms with van der Waals surface area (Å²) in [4.78, 5) is 0. The highest BCUT2D eigenvalue weighted by Gasteiger charge is 2.51. The molecule has 1 aliphatic rings. The van der Waals surface area contributed by atoms with E-state index in [4.69, 9.17) is 0 Å². The van der Waals surface area contributed by atoms with Gasteiger partial charge in [0, 0.05) is 6.42 Å². The summed E-state index contributed by atoms with van der Waals surface area (Å²) in [5, 5.41) is 20.3. The maximum Gasteiger partial charge on any atom is 0.123 e.